The van der Waals surface area contributed by atoms with Crippen LogP contribution >= 0.6 is 0 Å². The molecule has 0 fully saturated rings. The van der Waals surface area contributed by atoms with E-state index in [-0.39, 0.29) is 11.4 Å². The second-order valence-electron chi connectivity index (χ2n) is 4.50. The quantitative estimate of drug-likeness (QED) is 0.904. The second-order valence-corrected chi connectivity index (χ2v) is 6.55. The van der Waals surface area contributed by atoms with Gasteiger partial charge < -0.3 is 5.32 Å². The van der Waals surface area contributed by atoms with Crippen molar-refractivity contribution in [2.75, 3.05) is 18.9 Å². The van der Waals surface area contributed by atoms with E-state index in [0.29, 0.717) is 5.69 Å². The Morgan fingerprint density at radius 3 is 2.55 bits per heavy atom. The minimum Gasteiger partial charge on any atom is -0.325 e. The maximum Gasteiger partial charge on any atom is 0.244 e. The Bertz CT molecular complexity index is 749. The first-order valence-corrected chi connectivity index (χ1v) is 7.75. The molecule has 0 spiro atoms. The number of amides is 1. The number of hydrogen-bond acceptors (Lipinski definition) is 4. The number of carbonyl (C=O) groups is 1. The van der Waals surface area contributed by atoms with Crippen LogP contribution in [-0.4, -0.2) is 37.2 Å². The predicted octanol–water partition coefficient (Wildman–Crippen LogP) is 1.48. The van der Waals surface area contributed by atoms with Crippen LogP contribution in [0.15, 0.2) is 53.7 Å². The zero-order chi connectivity index (χ0) is 16.2. The first-order chi connectivity index (χ1) is 10.4. The van der Waals surface area contributed by atoms with Crippen LogP contribution in [0.25, 0.3) is 0 Å². The molecule has 6 nitrogen and oxygen atoms in total. The SMILES string of the molecule is CN(CC(=O)Nc1ccc(F)cc1)S(=O)(=O)c1cccnc1. The number of nitrogens with zero attached hydrogens (tertiary/aromatic N) is 2. The molecule has 1 aromatic carbocycles. The summed E-state index contributed by atoms with van der Waals surface area (Å²) in [4.78, 5) is 15.6. The number of nitrogens with one attached hydrogen (secondary N) is 1. The average Bonchev–Trinajstić information content (AvgIpc) is 2.50. The predicted molar refractivity (Wildman–Crippen MR) is 79.1 cm³/mol. The molecular weight excluding hydrogens is 309 g/mol. The van der Waals surface area contributed by atoms with Gasteiger partial charge in [-0.05, 0) is 36.4 Å². The van der Waals surface area contributed by atoms with E-state index in [0.717, 1.165) is 4.31 Å². The lowest BCUT2D eigenvalue weighted by Crippen LogP contribution is -2.35. The van der Waals surface area contributed by atoms with Crippen molar-refractivity contribution in [1.29, 1.82) is 0 Å². The summed E-state index contributed by atoms with van der Waals surface area (Å²) in [6, 6.07) is 8.08. The van der Waals surface area contributed by atoms with E-state index < -0.39 is 21.7 Å². The first-order valence-electron chi connectivity index (χ1n) is 6.31. The summed E-state index contributed by atoms with van der Waals surface area (Å²) in [5.41, 5.74) is 0.388. The molecule has 0 radical (unpaired) electrons. The summed E-state index contributed by atoms with van der Waals surface area (Å²) in [6.45, 7) is -0.366. The fourth-order valence-corrected chi connectivity index (χ4v) is 2.79. The van der Waals surface area contributed by atoms with E-state index in [1.54, 1.807) is 0 Å². The lowest BCUT2D eigenvalue weighted by Gasteiger charge is -2.16. The van der Waals surface area contributed by atoms with Gasteiger partial charge in [0.05, 0.1) is 6.54 Å². The van der Waals surface area contributed by atoms with E-state index in [9.17, 15) is 17.6 Å². The molecule has 8 heteroatoms. The number of sulfonamides is 1. The molecule has 22 heavy (non-hydrogen) atoms. The number of aromatic nitrogens is 1. The summed E-state index contributed by atoms with van der Waals surface area (Å²) in [5.74, 6) is -0.948. The molecule has 1 amide bonds. The third-order valence-electron chi connectivity index (χ3n) is 2.84. The fraction of sp³-hybridized carbons (Fsp3) is 0.143. The lowest BCUT2D eigenvalue weighted by molar-refractivity contribution is -0.116. The number of anilines is 1. The smallest absolute Gasteiger partial charge is 0.244 e. The summed E-state index contributed by atoms with van der Waals surface area (Å²) in [5, 5.41) is 2.50. The topological polar surface area (TPSA) is 79.4 Å². The highest BCUT2D eigenvalue weighted by molar-refractivity contribution is 7.89. The van der Waals surface area contributed by atoms with Crippen LogP contribution in [0, 0.1) is 5.82 Å². The molecule has 1 aromatic heterocycles. The maximum atomic E-state index is 12.8. The van der Waals surface area contributed by atoms with Crippen molar-refractivity contribution in [1.82, 2.24) is 9.29 Å². The van der Waals surface area contributed by atoms with Crippen LogP contribution in [0.4, 0.5) is 10.1 Å². The molecule has 0 unspecified atom stereocenters. The van der Waals surface area contributed by atoms with Crippen molar-refractivity contribution in [2.45, 2.75) is 4.90 Å². The van der Waals surface area contributed by atoms with Crippen molar-refractivity contribution in [3.05, 3.63) is 54.6 Å². The Kier molecular flexibility index (Phi) is 4.84. The monoisotopic (exact) mass is 323 g/mol. The number of halogens is 1. The van der Waals surface area contributed by atoms with Crippen LogP contribution in [0.1, 0.15) is 0 Å². The van der Waals surface area contributed by atoms with Crippen LogP contribution in [-0.2, 0) is 14.8 Å². The molecule has 116 valence electrons. The van der Waals surface area contributed by atoms with Crippen LogP contribution in [0.3, 0.4) is 0 Å². The molecule has 0 aliphatic carbocycles. The Morgan fingerprint density at radius 2 is 1.95 bits per heavy atom. The number of rotatable bonds is 5. The van der Waals surface area contributed by atoms with Gasteiger partial charge in [-0.15, -0.1) is 0 Å². The minimum atomic E-state index is -3.78. The van der Waals surface area contributed by atoms with Gasteiger partial charge in [-0.2, -0.15) is 4.31 Å². The molecule has 0 bridgehead atoms. The summed E-state index contributed by atoms with van der Waals surface area (Å²) in [6.07, 6.45) is 2.67. The van der Waals surface area contributed by atoms with E-state index in [1.165, 1.54) is 55.8 Å². The molecule has 0 aliphatic heterocycles. The number of hydrogen-bond donors (Lipinski definition) is 1. The zero-order valence-electron chi connectivity index (χ0n) is 11.7. The van der Waals surface area contributed by atoms with Crippen molar-refractivity contribution < 1.29 is 17.6 Å². The molecule has 2 aromatic rings. The van der Waals surface area contributed by atoms with Gasteiger partial charge in [-0.3, -0.25) is 9.78 Å². The highest BCUT2D eigenvalue weighted by Crippen LogP contribution is 2.13. The van der Waals surface area contributed by atoms with E-state index >= 15 is 0 Å². The van der Waals surface area contributed by atoms with Gasteiger partial charge in [0.1, 0.15) is 10.7 Å². The highest BCUT2D eigenvalue weighted by Gasteiger charge is 2.23. The first kappa shape index (κ1) is 16.1. The third kappa shape index (κ3) is 3.86. The van der Waals surface area contributed by atoms with Crippen molar-refractivity contribution in [2.24, 2.45) is 0 Å². The van der Waals surface area contributed by atoms with E-state index in [2.05, 4.69) is 10.3 Å². The van der Waals surface area contributed by atoms with Crippen LogP contribution in [0.2, 0.25) is 0 Å². The molecule has 1 heterocycles. The largest absolute Gasteiger partial charge is 0.325 e. The second kappa shape index (κ2) is 6.63. The standard InChI is InChI=1S/C14H14FN3O3S/c1-18(22(20,21)13-3-2-8-16-9-13)10-14(19)17-12-6-4-11(15)5-7-12/h2-9H,10H2,1H3,(H,17,19). The molecule has 2 rings (SSSR count). The molecule has 0 saturated carbocycles. The Morgan fingerprint density at radius 1 is 1.27 bits per heavy atom. The molecular formula is C14H14FN3O3S. The maximum absolute atomic E-state index is 12.8. The van der Waals surface area contributed by atoms with E-state index in [1.807, 2.05) is 0 Å². The lowest BCUT2D eigenvalue weighted by atomic mass is 10.3. The average molecular weight is 323 g/mol. The van der Waals surface area contributed by atoms with Crippen molar-refractivity contribution in [3.8, 4) is 0 Å². The molecule has 0 saturated heterocycles. The summed E-state index contributed by atoms with van der Waals surface area (Å²) < 4.78 is 38.1. The van der Waals surface area contributed by atoms with Crippen molar-refractivity contribution >= 4 is 21.6 Å². The summed E-state index contributed by atoms with van der Waals surface area (Å²) >= 11 is 0. The van der Waals surface area contributed by atoms with E-state index in [4.69, 9.17) is 0 Å². The highest BCUT2D eigenvalue weighted by atomic mass is 32.2. The zero-order valence-corrected chi connectivity index (χ0v) is 12.5. The number of benzene rings is 1. The Labute approximate surface area is 127 Å². The fourth-order valence-electron chi connectivity index (χ4n) is 1.70. The van der Waals surface area contributed by atoms with Gasteiger partial charge in [0.2, 0.25) is 15.9 Å². The van der Waals surface area contributed by atoms with Gasteiger partial charge in [-0.1, -0.05) is 0 Å². The normalized spacial score (nSPS) is 11.4. The minimum absolute atomic E-state index is 0.00656. The molecule has 1 N–H and O–H groups in total. The van der Waals surface area contributed by atoms with Gasteiger partial charge in [-0.25, -0.2) is 12.8 Å². The Hall–Kier alpha value is -2.32. The van der Waals surface area contributed by atoms with Crippen molar-refractivity contribution in [3.63, 3.8) is 0 Å². The van der Waals surface area contributed by atoms with Gasteiger partial charge in [0.25, 0.3) is 0 Å². The molecule has 0 aliphatic rings. The van der Waals surface area contributed by atoms with Crippen LogP contribution in [0.5, 0.6) is 0 Å². The van der Waals surface area contributed by atoms with Crippen LogP contribution < -0.4 is 5.32 Å². The Balaban J connectivity index is 2.03. The molecule has 0 atom stereocenters. The number of pyridine rings is 1. The van der Waals surface area contributed by atoms with Gasteiger partial charge in [0, 0.05) is 25.1 Å². The summed E-state index contributed by atoms with van der Waals surface area (Å²) in [7, 11) is -2.48. The van der Waals surface area contributed by atoms with Gasteiger partial charge in [0.15, 0.2) is 0 Å². The third-order valence-corrected chi connectivity index (χ3v) is 4.62. The number of likely N-dealkylation sites (N-methyl/N-ethyl adjacent to an activating group) is 1. The van der Waals surface area contributed by atoms with Gasteiger partial charge >= 0.3 is 0 Å². The number of carbonyl (C=O) groups excluding carboxylic acids is 1.